The number of carbonyl (C=O) groups is 1. The molecular weight excluding hydrogens is 391 g/mol. The van der Waals surface area contributed by atoms with Crippen molar-refractivity contribution in [1.29, 1.82) is 0 Å². The van der Waals surface area contributed by atoms with Crippen molar-refractivity contribution >= 4 is 5.91 Å². The molecule has 1 aliphatic rings. The maximum absolute atomic E-state index is 13.0. The van der Waals surface area contributed by atoms with Crippen LogP contribution in [-0.4, -0.2) is 35.0 Å². The maximum Gasteiger partial charge on any atom is 0.416 e. The van der Waals surface area contributed by atoms with Gasteiger partial charge < -0.3 is 15.2 Å². The Labute approximate surface area is 175 Å². The number of alkyl halides is 3. The molecule has 0 spiro atoms. The maximum atomic E-state index is 13.0. The molecule has 0 saturated carbocycles. The molecular formula is C23H30F3N3O. The second kappa shape index (κ2) is 9.25. The Hall–Kier alpha value is -2.28. The number of nitrogens with zero attached hydrogens (tertiary/aromatic N) is 2. The molecule has 30 heavy (non-hydrogen) atoms. The number of aromatic nitrogens is 1. The van der Waals surface area contributed by atoms with Gasteiger partial charge in [0.05, 0.1) is 11.1 Å². The summed E-state index contributed by atoms with van der Waals surface area (Å²) in [7, 11) is 0. The molecule has 0 atom stereocenters. The Bertz CT molecular complexity index is 879. The molecule has 2 heterocycles. The third-order valence-electron chi connectivity index (χ3n) is 5.95. The Morgan fingerprint density at radius 2 is 1.70 bits per heavy atom. The predicted molar refractivity (Wildman–Crippen MR) is 112 cm³/mol. The van der Waals surface area contributed by atoms with Crippen LogP contribution in [0.1, 0.15) is 59.9 Å². The third-order valence-corrected chi connectivity index (χ3v) is 5.95. The van der Waals surface area contributed by atoms with Gasteiger partial charge in [0.25, 0.3) is 5.91 Å². The van der Waals surface area contributed by atoms with Crippen LogP contribution in [0, 0.1) is 6.92 Å². The summed E-state index contributed by atoms with van der Waals surface area (Å²) in [6, 6.07) is 5.02. The summed E-state index contributed by atoms with van der Waals surface area (Å²) in [5.74, 6) is -0.545. The van der Waals surface area contributed by atoms with E-state index in [0.717, 1.165) is 62.5 Å². The lowest BCUT2D eigenvalue weighted by Gasteiger charge is -2.27. The van der Waals surface area contributed by atoms with Gasteiger partial charge in [-0.15, -0.1) is 0 Å². The fourth-order valence-corrected chi connectivity index (χ4v) is 4.46. The monoisotopic (exact) mass is 421 g/mol. The molecule has 1 amide bonds. The number of amides is 1. The van der Waals surface area contributed by atoms with Gasteiger partial charge in [0.1, 0.15) is 0 Å². The molecule has 0 unspecified atom stereocenters. The standard InChI is InChI=1S/C23H30F3N3O/c1-3-7-19-21(17-8-10-18(11-9-17)23(24,25)26)20(22(27)30)16(2)29(19)15-14-28-12-5-4-6-13-28/h8-11H,3-7,12-15H2,1-2H3,(H2,27,30). The van der Waals surface area contributed by atoms with Crippen molar-refractivity contribution in [3.63, 3.8) is 0 Å². The van der Waals surface area contributed by atoms with Gasteiger partial charge in [-0.05, 0) is 57.0 Å². The molecule has 0 radical (unpaired) electrons. The van der Waals surface area contributed by atoms with Crippen molar-refractivity contribution in [1.82, 2.24) is 9.47 Å². The minimum atomic E-state index is -4.40. The first-order chi connectivity index (χ1) is 14.2. The van der Waals surface area contributed by atoms with Crippen LogP contribution >= 0.6 is 0 Å². The molecule has 164 valence electrons. The topological polar surface area (TPSA) is 51.3 Å². The van der Waals surface area contributed by atoms with Gasteiger partial charge in [-0.3, -0.25) is 4.79 Å². The second-order valence-electron chi connectivity index (χ2n) is 8.03. The first-order valence-corrected chi connectivity index (χ1v) is 10.7. The molecule has 0 bridgehead atoms. The van der Waals surface area contributed by atoms with Gasteiger partial charge >= 0.3 is 6.18 Å². The number of piperidine rings is 1. The number of halogens is 3. The Balaban J connectivity index is 2.03. The summed E-state index contributed by atoms with van der Waals surface area (Å²) in [4.78, 5) is 14.8. The SMILES string of the molecule is CCCc1c(-c2ccc(C(F)(F)F)cc2)c(C(N)=O)c(C)n1CCN1CCCCC1. The van der Waals surface area contributed by atoms with Crippen LogP contribution in [-0.2, 0) is 19.1 Å². The van der Waals surface area contributed by atoms with E-state index in [4.69, 9.17) is 5.73 Å². The zero-order chi connectivity index (χ0) is 21.9. The number of hydrogen-bond acceptors (Lipinski definition) is 2. The summed E-state index contributed by atoms with van der Waals surface area (Å²) < 4.78 is 41.1. The number of rotatable bonds is 7. The molecule has 1 aromatic carbocycles. The number of primary amides is 1. The molecule has 1 fully saturated rings. The van der Waals surface area contributed by atoms with Gasteiger partial charge in [0.2, 0.25) is 0 Å². The number of likely N-dealkylation sites (tertiary alicyclic amines) is 1. The fraction of sp³-hybridized carbons (Fsp3) is 0.522. The minimum Gasteiger partial charge on any atom is -0.366 e. The molecule has 3 rings (SSSR count). The molecule has 4 nitrogen and oxygen atoms in total. The van der Waals surface area contributed by atoms with Crippen LogP contribution in [0.2, 0.25) is 0 Å². The van der Waals surface area contributed by atoms with Crippen LogP contribution in [0.5, 0.6) is 0 Å². The molecule has 2 aromatic rings. The number of hydrogen-bond donors (Lipinski definition) is 1. The van der Waals surface area contributed by atoms with Crippen molar-refractivity contribution in [2.75, 3.05) is 19.6 Å². The van der Waals surface area contributed by atoms with Crippen LogP contribution in [0.4, 0.5) is 13.2 Å². The van der Waals surface area contributed by atoms with E-state index < -0.39 is 17.6 Å². The van der Waals surface area contributed by atoms with Crippen LogP contribution in [0.25, 0.3) is 11.1 Å². The smallest absolute Gasteiger partial charge is 0.366 e. The lowest BCUT2D eigenvalue weighted by molar-refractivity contribution is -0.137. The highest BCUT2D eigenvalue weighted by atomic mass is 19.4. The predicted octanol–water partition coefficient (Wildman–Crippen LogP) is 5.02. The van der Waals surface area contributed by atoms with E-state index in [2.05, 4.69) is 16.4 Å². The molecule has 1 aromatic heterocycles. The van der Waals surface area contributed by atoms with Gasteiger partial charge in [-0.25, -0.2) is 0 Å². The Morgan fingerprint density at radius 1 is 1.07 bits per heavy atom. The number of nitrogens with two attached hydrogens (primary N) is 1. The van der Waals surface area contributed by atoms with E-state index >= 15 is 0 Å². The minimum absolute atomic E-state index is 0.414. The van der Waals surface area contributed by atoms with E-state index in [9.17, 15) is 18.0 Å². The van der Waals surface area contributed by atoms with E-state index in [1.54, 1.807) is 0 Å². The normalized spacial score (nSPS) is 15.5. The highest BCUT2D eigenvalue weighted by molar-refractivity contribution is 6.02. The quantitative estimate of drug-likeness (QED) is 0.683. The first-order valence-electron chi connectivity index (χ1n) is 10.7. The van der Waals surface area contributed by atoms with Gasteiger partial charge in [-0.2, -0.15) is 13.2 Å². The lowest BCUT2D eigenvalue weighted by atomic mass is 9.97. The molecule has 2 N–H and O–H groups in total. The van der Waals surface area contributed by atoms with Crippen LogP contribution in [0.3, 0.4) is 0 Å². The van der Waals surface area contributed by atoms with Crippen LogP contribution in [0.15, 0.2) is 24.3 Å². The second-order valence-corrected chi connectivity index (χ2v) is 8.03. The van der Waals surface area contributed by atoms with E-state index in [1.165, 1.54) is 31.4 Å². The van der Waals surface area contributed by atoms with Crippen molar-refractivity contribution in [3.05, 3.63) is 46.8 Å². The fourth-order valence-electron chi connectivity index (χ4n) is 4.46. The average molecular weight is 422 g/mol. The molecule has 7 heteroatoms. The van der Waals surface area contributed by atoms with Gasteiger partial charge in [-0.1, -0.05) is 31.9 Å². The number of benzene rings is 1. The van der Waals surface area contributed by atoms with Crippen LogP contribution < -0.4 is 5.73 Å². The summed E-state index contributed by atoms with van der Waals surface area (Å²) in [6.07, 6.45) is 0.868. The van der Waals surface area contributed by atoms with Gasteiger partial charge in [0.15, 0.2) is 0 Å². The summed E-state index contributed by atoms with van der Waals surface area (Å²) in [5, 5.41) is 0. The Kier molecular flexibility index (Phi) is 6.91. The molecule has 0 aliphatic carbocycles. The largest absolute Gasteiger partial charge is 0.416 e. The van der Waals surface area contributed by atoms with Gasteiger partial charge in [0, 0.05) is 30.0 Å². The summed E-state index contributed by atoms with van der Waals surface area (Å²) >= 11 is 0. The zero-order valence-corrected chi connectivity index (χ0v) is 17.7. The van der Waals surface area contributed by atoms with Crippen molar-refractivity contribution in [2.45, 2.75) is 58.7 Å². The third kappa shape index (κ3) is 4.72. The van der Waals surface area contributed by atoms with E-state index in [0.29, 0.717) is 16.7 Å². The zero-order valence-electron chi connectivity index (χ0n) is 17.7. The van der Waals surface area contributed by atoms with E-state index in [-0.39, 0.29) is 0 Å². The average Bonchev–Trinajstić information content (AvgIpc) is 2.98. The molecule has 1 aliphatic heterocycles. The number of carbonyl (C=O) groups excluding carboxylic acids is 1. The summed E-state index contributed by atoms with van der Waals surface area (Å²) in [6.45, 7) is 7.72. The highest BCUT2D eigenvalue weighted by Crippen LogP contribution is 2.36. The van der Waals surface area contributed by atoms with E-state index in [1.807, 2.05) is 6.92 Å². The van der Waals surface area contributed by atoms with Crippen molar-refractivity contribution in [3.8, 4) is 11.1 Å². The molecule has 1 saturated heterocycles. The Morgan fingerprint density at radius 3 is 2.23 bits per heavy atom. The summed E-state index contributed by atoms with van der Waals surface area (Å²) in [5.41, 5.74) is 8.47. The van der Waals surface area contributed by atoms with Crippen molar-refractivity contribution in [2.24, 2.45) is 5.73 Å². The first kappa shape index (κ1) is 22.4. The highest BCUT2D eigenvalue weighted by Gasteiger charge is 2.31. The lowest BCUT2D eigenvalue weighted by Crippen LogP contribution is -2.33. The van der Waals surface area contributed by atoms with Crippen molar-refractivity contribution < 1.29 is 18.0 Å².